The predicted octanol–water partition coefficient (Wildman–Crippen LogP) is 2.33. The number of H-pyrrole nitrogens is 1. The Labute approximate surface area is 142 Å². The van der Waals surface area contributed by atoms with Crippen molar-refractivity contribution in [3.63, 3.8) is 0 Å². The highest BCUT2D eigenvalue weighted by atomic mass is 16.2. The van der Waals surface area contributed by atoms with Gasteiger partial charge in [0.1, 0.15) is 5.65 Å². The Morgan fingerprint density at radius 3 is 2.44 bits per heavy atom. The van der Waals surface area contributed by atoms with Gasteiger partial charge in [0.05, 0.1) is 11.1 Å². The van der Waals surface area contributed by atoms with Crippen molar-refractivity contribution in [3.8, 4) is 0 Å². The van der Waals surface area contributed by atoms with Crippen LogP contribution in [0.2, 0.25) is 0 Å². The molecule has 4 rings (SSSR count). The summed E-state index contributed by atoms with van der Waals surface area (Å²) in [5, 5.41) is 3.12. The van der Waals surface area contributed by atoms with Gasteiger partial charge in [-0.05, 0) is 24.6 Å². The number of rotatable bonds is 3. The number of hydrogen-bond donors (Lipinski definition) is 2. The number of hydrogen-bond acceptors (Lipinski definition) is 4. The zero-order valence-corrected chi connectivity index (χ0v) is 13.3. The number of carbonyl (C=O) groups excluding carboxylic acids is 3. The van der Waals surface area contributed by atoms with Crippen molar-refractivity contribution in [3.05, 3.63) is 65.5 Å². The fourth-order valence-electron chi connectivity index (χ4n) is 3.02. The summed E-state index contributed by atoms with van der Waals surface area (Å²) in [6, 6.07) is 10.3. The Balaban J connectivity index is 1.94. The SMILES string of the molecule is CC(=O)c1ccc(C2=C(c3c[nH]c4ncccc34)C(=O)NC2=O)cc1. The molecule has 1 aliphatic rings. The minimum absolute atomic E-state index is 0.0598. The highest BCUT2D eigenvalue weighted by Gasteiger charge is 2.33. The van der Waals surface area contributed by atoms with Crippen molar-refractivity contribution in [1.29, 1.82) is 0 Å². The molecular formula is C19H13N3O3. The largest absolute Gasteiger partial charge is 0.346 e. The van der Waals surface area contributed by atoms with Crippen LogP contribution in [-0.4, -0.2) is 27.6 Å². The molecule has 1 aliphatic heterocycles. The molecule has 25 heavy (non-hydrogen) atoms. The molecule has 0 unspecified atom stereocenters. The van der Waals surface area contributed by atoms with E-state index in [0.29, 0.717) is 33.5 Å². The molecule has 1 aromatic carbocycles. The zero-order chi connectivity index (χ0) is 17.6. The molecule has 6 heteroatoms. The topological polar surface area (TPSA) is 91.9 Å². The lowest BCUT2D eigenvalue weighted by atomic mass is 9.95. The van der Waals surface area contributed by atoms with Crippen molar-refractivity contribution in [1.82, 2.24) is 15.3 Å². The number of imide groups is 1. The number of aromatic amines is 1. The third kappa shape index (κ3) is 2.35. The first-order valence-electron chi connectivity index (χ1n) is 7.70. The van der Waals surface area contributed by atoms with E-state index in [1.165, 1.54) is 6.92 Å². The lowest BCUT2D eigenvalue weighted by molar-refractivity contribution is -0.122. The minimum atomic E-state index is -0.450. The Morgan fingerprint density at radius 1 is 1.00 bits per heavy atom. The first-order valence-corrected chi connectivity index (χ1v) is 7.70. The van der Waals surface area contributed by atoms with Crippen LogP contribution >= 0.6 is 0 Å². The van der Waals surface area contributed by atoms with Crippen LogP contribution in [0.15, 0.2) is 48.8 Å². The molecule has 122 valence electrons. The van der Waals surface area contributed by atoms with Gasteiger partial charge >= 0.3 is 0 Å². The average molecular weight is 331 g/mol. The highest BCUT2D eigenvalue weighted by Crippen LogP contribution is 2.34. The Bertz CT molecular complexity index is 1070. The molecule has 2 N–H and O–H groups in total. The summed E-state index contributed by atoms with van der Waals surface area (Å²) in [6.07, 6.45) is 3.33. The molecule has 2 aromatic heterocycles. The van der Waals surface area contributed by atoms with Crippen molar-refractivity contribution >= 4 is 39.8 Å². The summed E-state index contributed by atoms with van der Waals surface area (Å²) >= 11 is 0. The highest BCUT2D eigenvalue weighted by molar-refractivity contribution is 6.50. The number of benzene rings is 1. The molecule has 2 amide bonds. The molecule has 0 spiro atoms. The van der Waals surface area contributed by atoms with E-state index >= 15 is 0 Å². The van der Waals surface area contributed by atoms with Gasteiger partial charge in [0, 0.05) is 28.9 Å². The standard InChI is InChI=1S/C19H13N3O3/c1-10(23)11-4-6-12(7-5-11)15-16(19(25)22-18(15)24)14-9-21-17-13(14)3-2-8-20-17/h2-9H,1H3,(H,20,21)(H,22,24,25). The van der Waals surface area contributed by atoms with Crippen LogP contribution in [-0.2, 0) is 9.59 Å². The fourth-order valence-corrected chi connectivity index (χ4v) is 3.02. The summed E-state index contributed by atoms with van der Waals surface area (Å²) in [4.78, 5) is 43.4. The number of amides is 2. The van der Waals surface area contributed by atoms with Crippen LogP contribution in [0.1, 0.15) is 28.4 Å². The van der Waals surface area contributed by atoms with Gasteiger partial charge in [-0.15, -0.1) is 0 Å². The van der Waals surface area contributed by atoms with Crippen LogP contribution in [0.25, 0.3) is 22.2 Å². The second-order valence-corrected chi connectivity index (χ2v) is 5.77. The number of nitrogens with one attached hydrogen (secondary N) is 2. The summed E-state index contributed by atoms with van der Waals surface area (Å²) < 4.78 is 0. The maximum atomic E-state index is 12.4. The molecule has 0 bridgehead atoms. The summed E-state index contributed by atoms with van der Waals surface area (Å²) in [5.74, 6) is -0.954. The predicted molar refractivity (Wildman–Crippen MR) is 92.5 cm³/mol. The van der Waals surface area contributed by atoms with Crippen molar-refractivity contribution < 1.29 is 14.4 Å². The molecule has 0 fully saturated rings. The smallest absolute Gasteiger partial charge is 0.259 e. The van der Waals surface area contributed by atoms with E-state index in [0.717, 1.165) is 5.39 Å². The maximum absolute atomic E-state index is 12.4. The zero-order valence-electron chi connectivity index (χ0n) is 13.3. The van der Waals surface area contributed by atoms with E-state index in [1.54, 1.807) is 42.7 Å². The molecule has 0 saturated heterocycles. The fraction of sp³-hybridized carbons (Fsp3) is 0.0526. The van der Waals surface area contributed by atoms with E-state index in [4.69, 9.17) is 0 Å². The number of aromatic nitrogens is 2. The van der Waals surface area contributed by atoms with Gasteiger partial charge in [0.2, 0.25) is 0 Å². The van der Waals surface area contributed by atoms with Crippen molar-refractivity contribution in [2.24, 2.45) is 0 Å². The Hall–Kier alpha value is -3.54. The van der Waals surface area contributed by atoms with Crippen molar-refractivity contribution in [2.75, 3.05) is 0 Å². The molecule has 0 radical (unpaired) electrons. The molecule has 3 heterocycles. The number of nitrogens with zero attached hydrogens (tertiary/aromatic N) is 1. The third-order valence-electron chi connectivity index (χ3n) is 4.23. The summed E-state index contributed by atoms with van der Waals surface area (Å²) in [7, 11) is 0. The van der Waals surface area contributed by atoms with E-state index < -0.39 is 11.8 Å². The molecule has 0 saturated carbocycles. The number of carbonyl (C=O) groups is 3. The van der Waals surface area contributed by atoms with E-state index in [2.05, 4.69) is 15.3 Å². The molecule has 0 atom stereocenters. The lowest BCUT2D eigenvalue weighted by Crippen LogP contribution is -2.22. The number of ketones is 1. The van der Waals surface area contributed by atoms with Crippen LogP contribution in [0.5, 0.6) is 0 Å². The monoisotopic (exact) mass is 331 g/mol. The van der Waals surface area contributed by atoms with Gasteiger partial charge in [0.25, 0.3) is 11.8 Å². The Morgan fingerprint density at radius 2 is 1.72 bits per heavy atom. The van der Waals surface area contributed by atoms with E-state index in [1.807, 2.05) is 6.07 Å². The quantitative estimate of drug-likeness (QED) is 0.569. The molecule has 3 aromatic rings. The third-order valence-corrected chi connectivity index (χ3v) is 4.23. The lowest BCUT2D eigenvalue weighted by Gasteiger charge is -2.05. The van der Waals surface area contributed by atoms with E-state index in [-0.39, 0.29) is 5.78 Å². The number of Topliss-reactive ketones (excluding diaryl/α,β-unsaturated/α-hetero) is 1. The second-order valence-electron chi connectivity index (χ2n) is 5.77. The van der Waals surface area contributed by atoms with Gasteiger partial charge in [-0.3, -0.25) is 19.7 Å². The van der Waals surface area contributed by atoms with Crippen molar-refractivity contribution in [2.45, 2.75) is 6.92 Å². The van der Waals surface area contributed by atoms with Crippen LogP contribution in [0.3, 0.4) is 0 Å². The van der Waals surface area contributed by atoms with Gasteiger partial charge < -0.3 is 4.98 Å². The van der Waals surface area contributed by atoms with E-state index in [9.17, 15) is 14.4 Å². The van der Waals surface area contributed by atoms with Crippen LogP contribution in [0, 0.1) is 0 Å². The summed E-state index contributed by atoms with van der Waals surface area (Å²) in [6.45, 7) is 1.48. The number of pyridine rings is 1. The van der Waals surface area contributed by atoms with Gasteiger partial charge in [0.15, 0.2) is 5.78 Å². The van der Waals surface area contributed by atoms with Gasteiger partial charge in [-0.1, -0.05) is 24.3 Å². The minimum Gasteiger partial charge on any atom is -0.346 e. The average Bonchev–Trinajstić information content (AvgIpc) is 3.15. The number of fused-ring (bicyclic) bond motifs is 1. The first-order chi connectivity index (χ1) is 12.1. The normalized spacial score (nSPS) is 14.3. The van der Waals surface area contributed by atoms with Crippen LogP contribution in [0.4, 0.5) is 0 Å². The Kier molecular flexibility index (Phi) is 3.32. The molecule has 6 nitrogen and oxygen atoms in total. The second kappa shape index (κ2) is 5.52. The molecule has 0 aliphatic carbocycles. The van der Waals surface area contributed by atoms with Gasteiger partial charge in [-0.2, -0.15) is 0 Å². The van der Waals surface area contributed by atoms with Crippen LogP contribution < -0.4 is 5.32 Å². The maximum Gasteiger partial charge on any atom is 0.259 e. The molecular weight excluding hydrogens is 318 g/mol. The summed E-state index contributed by atoms with van der Waals surface area (Å²) in [5.41, 5.74) is 3.00. The van der Waals surface area contributed by atoms with Gasteiger partial charge in [-0.25, -0.2) is 4.98 Å². The first kappa shape index (κ1) is 15.0.